The lowest BCUT2D eigenvalue weighted by molar-refractivity contribution is 0.297. The summed E-state index contributed by atoms with van der Waals surface area (Å²) in [5, 5.41) is 0. The molecule has 4 heteroatoms. The maximum absolute atomic E-state index is 13.5. The molecule has 0 aliphatic heterocycles. The molecule has 0 aliphatic rings. The minimum Gasteiger partial charge on any atom is -0.489 e. The van der Waals surface area contributed by atoms with Gasteiger partial charge in [0.1, 0.15) is 12.4 Å². The number of ether oxygens (including phenoxy) is 1. The van der Waals surface area contributed by atoms with Gasteiger partial charge in [0, 0.05) is 11.6 Å². The van der Waals surface area contributed by atoms with Crippen LogP contribution >= 0.6 is 0 Å². The fourth-order valence-corrected chi connectivity index (χ4v) is 1.97. The van der Waals surface area contributed by atoms with E-state index in [1.54, 1.807) is 0 Å². The van der Waals surface area contributed by atoms with Gasteiger partial charge in [0.2, 0.25) is 0 Å². The summed E-state index contributed by atoms with van der Waals surface area (Å²) in [5.41, 5.74) is 7.10. The Morgan fingerprint density at radius 1 is 1.10 bits per heavy atom. The second kappa shape index (κ2) is 7.18. The van der Waals surface area contributed by atoms with Crippen molar-refractivity contribution < 1.29 is 13.5 Å². The summed E-state index contributed by atoms with van der Waals surface area (Å²) in [6.45, 7) is 1.98. The first-order valence-corrected chi connectivity index (χ1v) is 6.96. The third-order valence-electron chi connectivity index (χ3n) is 3.24. The van der Waals surface area contributed by atoms with Crippen molar-refractivity contribution in [1.82, 2.24) is 0 Å². The van der Waals surface area contributed by atoms with Crippen LogP contribution in [0.5, 0.6) is 5.75 Å². The number of halogens is 2. The molecule has 2 N–H and O–H groups in total. The molecule has 1 unspecified atom stereocenters. The Morgan fingerprint density at radius 3 is 2.48 bits per heavy atom. The van der Waals surface area contributed by atoms with E-state index in [1.807, 2.05) is 31.2 Å². The van der Waals surface area contributed by atoms with Gasteiger partial charge in [-0.2, -0.15) is 0 Å². The summed E-state index contributed by atoms with van der Waals surface area (Å²) < 4.78 is 32.0. The Morgan fingerprint density at radius 2 is 1.81 bits per heavy atom. The first kappa shape index (κ1) is 15.4. The van der Waals surface area contributed by atoms with Gasteiger partial charge in [-0.25, -0.2) is 8.78 Å². The van der Waals surface area contributed by atoms with E-state index < -0.39 is 11.6 Å². The van der Waals surface area contributed by atoms with Gasteiger partial charge in [-0.3, -0.25) is 0 Å². The minimum atomic E-state index is -0.859. The SMILES string of the molecule is CC(N)CCc1ccc(OCc2cccc(F)c2F)cc1. The largest absolute Gasteiger partial charge is 0.489 e. The van der Waals surface area contributed by atoms with Crippen molar-refractivity contribution in [3.63, 3.8) is 0 Å². The predicted molar refractivity (Wildman–Crippen MR) is 79.1 cm³/mol. The van der Waals surface area contributed by atoms with Crippen molar-refractivity contribution in [2.24, 2.45) is 5.73 Å². The molecule has 0 heterocycles. The molecule has 0 saturated carbocycles. The minimum absolute atomic E-state index is 0.00275. The molecule has 0 radical (unpaired) electrons. The molecule has 21 heavy (non-hydrogen) atoms. The van der Waals surface area contributed by atoms with Crippen molar-refractivity contribution >= 4 is 0 Å². The second-order valence-electron chi connectivity index (χ2n) is 5.16. The summed E-state index contributed by atoms with van der Waals surface area (Å²) >= 11 is 0. The van der Waals surface area contributed by atoms with Crippen molar-refractivity contribution in [3.05, 3.63) is 65.2 Å². The average Bonchev–Trinajstić information content (AvgIpc) is 2.48. The Balaban J connectivity index is 1.93. The quantitative estimate of drug-likeness (QED) is 0.878. The predicted octanol–water partition coefficient (Wildman–Crippen LogP) is 3.82. The normalized spacial score (nSPS) is 12.2. The van der Waals surface area contributed by atoms with Crippen molar-refractivity contribution in [2.45, 2.75) is 32.4 Å². The first-order chi connectivity index (χ1) is 10.1. The Bertz CT molecular complexity index is 582. The zero-order valence-electron chi connectivity index (χ0n) is 12.0. The highest BCUT2D eigenvalue weighted by Crippen LogP contribution is 2.17. The summed E-state index contributed by atoms with van der Waals surface area (Å²) in [4.78, 5) is 0. The highest BCUT2D eigenvalue weighted by Gasteiger charge is 2.08. The average molecular weight is 291 g/mol. The number of aryl methyl sites for hydroxylation is 1. The number of nitrogens with two attached hydrogens (primary N) is 1. The van der Waals surface area contributed by atoms with E-state index in [0.717, 1.165) is 18.9 Å². The lowest BCUT2D eigenvalue weighted by atomic mass is 10.1. The fraction of sp³-hybridized carbons (Fsp3) is 0.294. The van der Waals surface area contributed by atoms with Crippen LogP contribution in [0.1, 0.15) is 24.5 Å². The van der Waals surface area contributed by atoms with E-state index in [-0.39, 0.29) is 18.2 Å². The van der Waals surface area contributed by atoms with E-state index in [9.17, 15) is 8.78 Å². The molecular formula is C17H19F2NO. The summed E-state index contributed by atoms with van der Waals surface area (Å²) in [6.07, 6.45) is 1.84. The van der Waals surface area contributed by atoms with E-state index in [1.165, 1.54) is 17.7 Å². The fourth-order valence-electron chi connectivity index (χ4n) is 1.97. The van der Waals surface area contributed by atoms with Crippen molar-refractivity contribution in [1.29, 1.82) is 0 Å². The van der Waals surface area contributed by atoms with Crippen LogP contribution in [0.25, 0.3) is 0 Å². The van der Waals surface area contributed by atoms with Crippen molar-refractivity contribution in [2.75, 3.05) is 0 Å². The molecule has 2 aromatic rings. The van der Waals surface area contributed by atoms with Gasteiger partial charge in [-0.05, 0) is 43.5 Å². The van der Waals surface area contributed by atoms with Gasteiger partial charge in [-0.15, -0.1) is 0 Å². The standard InChI is InChI=1S/C17H19F2NO/c1-12(20)5-6-13-7-9-15(10-8-13)21-11-14-3-2-4-16(18)17(14)19/h2-4,7-10,12H,5-6,11,20H2,1H3. The van der Waals surface area contributed by atoms with Crippen LogP contribution in [-0.4, -0.2) is 6.04 Å². The molecule has 0 amide bonds. The molecule has 0 aromatic heterocycles. The lowest BCUT2D eigenvalue weighted by Crippen LogP contribution is -2.15. The molecule has 0 spiro atoms. The van der Waals surface area contributed by atoms with Gasteiger partial charge in [0.15, 0.2) is 11.6 Å². The molecule has 1 atom stereocenters. The maximum Gasteiger partial charge on any atom is 0.165 e. The molecule has 0 fully saturated rings. The zero-order valence-corrected chi connectivity index (χ0v) is 12.0. The van der Waals surface area contributed by atoms with E-state index in [4.69, 9.17) is 10.5 Å². The monoisotopic (exact) mass is 291 g/mol. The molecule has 0 bridgehead atoms. The number of benzene rings is 2. The van der Waals surface area contributed by atoms with Gasteiger partial charge in [0.25, 0.3) is 0 Å². The third kappa shape index (κ3) is 4.53. The molecule has 0 saturated heterocycles. The molecular weight excluding hydrogens is 272 g/mol. The van der Waals surface area contributed by atoms with Crippen LogP contribution in [0.4, 0.5) is 8.78 Å². The highest BCUT2D eigenvalue weighted by atomic mass is 19.2. The molecule has 2 nitrogen and oxygen atoms in total. The van der Waals surface area contributed by atoms with Gasteiger partial charge in [-0.1, -0.05) is 24.3 Å². The van der Waals surface area contributed by atoms with E-state index in [2.05, 4.69) is 0 Å². The zero-order chi connectivity index (χ0) is 15.2. The Hall–Kier alpha value is -1.94. The van der Waals surface area contributed by atoms with Crippen LogP contribution < -0.4 is 10.5 Å². The van der Waals surface area contributed by atoms with Crippen LogP contribution in [0, 0.1) is 11.6 Å². The molecule has 2 rings (SSSR count). The van der Waals surface area contributed by atoms with Crippen LogP contribution in [0.2, 0.25) is 0 Å². The number of hydrogen-bond acceptors (Lipinski definition) is 2. The topological polar surface area (TPSA) is 35.2 Å². The lowest BCUT2D eigenvalue weighted by Gasteiger charge is -2.09. The highest BCUT2D eigenvalue weighted by molar-refractivity contribution is 5.28. The summed E-state index contributed by atoms with van der Waals surface area (Å²) in [7, 11) is 0. The summed E-state index contributed by atoms with van der Waals surface area (Å²) in [5.74, 6) is -1.09. The van der Waals surface area contributed by atoms with Crippen LogP contribution in [0.15, 0.2) is 42.5 Å². The van der Waals surface area contributed by atoms with Crippen LogP contribution in [-0.2, 0) is 13.0 Å². The number of hydrogen-bond donors (Lipinski definition) is 1. The van der Waals surface area contributed by atoms with E-state index in [0.29, 0.717) is 5.75 Å². The van der Waals surface area contributed by atoms with E-state index >= 15 is 0 Å². The van der Waals surface area contributed by atoms with Crippen molar-refractivity contribution in [3.8, 4) is 5.75 Å². The van der Waals surface area contributed by atoms with Gasteiger partial charge < -0.3 is 10.5 Å². The summed E-state index contributed by atoms with van der Waals surface area (Å²) in [6, 6.07) is 11.8. The number of rotatable bonds is 6. The molecule has 0 aliphatic carbocycles. The Kier molecular flexibility index (Phi) is 5.28. The Labute approximate surface area is 123 Å². The van der Waals surface area contributed by atoms with Crippen LogP contribution in [0.3, 0.4) is 0 Å². The molecule has 2 aromatic carbocycles. The second-order valence-corrected chi connectivity index (χ2v) is 5.16. The van der Waals surface area contributed by atoms with Gasteiger partial charge >= 0.3 is 0 Å². The smallest absolute Gasteiger partial charge is 0.165 e. The first-order valence-electron chi connectivity index (χ1n) is 6.96. The third-order valence-corrected chi connectivity index (χ3v) is 3.24. The maximum atomic E-state index is 13.5. The van der Waals surface area contributed by atoms with Gasteiger partial charge in [0.05, 0.1) is 0 Å². The molecule has 112 valence electrons.